The van der Waals surface area contributed by atoms with E-state index in [1.807, 2.05) is 24.3 Å². The van der Waals surface area contributed by atoms with Gasteiger partial charge < -0.3 is 25.6 Å². The zero-order valence-corrected chi connectivity index (χ0v) is 21.9. The third-order valence-electron chi connectivity index (χ3n) is 5.86. The number of fused-ring (bicyclic) bond motifs is 1. The van der Waals surface area contributed by atoms with Crippen molar-refractivity contribution >= 4 is 28.6 Å². The first-order valence-corrected chi connectivity index (χ1v) is 12.0. The molecule has 0 aliphatic carbocycles. The molecule has 2 amide bonds. The number of nitrogens with one attached hydrogen (secondary N) is 3. The highest BCUT2D eigenvalue weighted by molar-refractivity contribution is 6.05. The number of aromatic hydroxyl groups is 2. The Kier molecular flexibility index (Phi) is 8.10. The maximum atomic E-state index is 13.2. The van der Waals surface area contributed by atoms with Gasteiger partial charge in [-0.05, 0) is 56.7 Å². The van der Waals surface area contributed by atoms with Gasteiger partial charge in [-0.15, -0.1) is 0 Å². The van der Waals surface area contributed by atoms with Gasteiger partial charge in [0, 0.05) is 23.3 Å². The van der Waals surface area contributed by atoms with Gasteiger partial charge in [0.05, 0.1) is 24.1 Å². The molecule has 0 saturated carbocycles. The molecule has 37 heavy (non-hydrogen) atoms. The summed E-state index contributed by atoms with van der Waals surface area (Å²) in [7, 11) is 0. The van der Waals surface area contributed by atoms with Gasteiger partial charge >= 0.3 is 6.09 Å². The molecule has 10 heteroatoms. The lowest BCUT2D eigenvalue weighted by Crippen LogP contribution is -2.46. The van der Waals surface area contributed by atoms with Gasteiger partial charge in [-0.2, -0.15) is 0 Å². The zero-order valence-electron chi connectivity index (χ0n) is 21.9. The van der Waals surface area contributed by atoms with E-state index >= 15 is 0 Å². The molecular weight excluding hydrogens is 476 g/mol. The van der Waals surface area contributed by atoms with Crippen molar-refractivity contribution in [3.05, 3.63) is 53.3 Å². The minimum Gasteiger partial charge on any atom is -0.494 e. The molecule has 0 fully saturated rings. The van der Waals surface area contributed by atoms with E-state index in [4.69, 9.17) is 4.74 Å². The largest absolute Gasteiger partial charge is 0.494 e. The van der Waals surface area contributed by atoms with Gasteiger partial charge in [0.15, 0.2) is 11.7 Å². The number of benzene rings is 1. The van der Waals surface area contributed by atoms with Crippen LogP contribution in [0.1, 0.15) is 68.6 Å². The predicted octanol–water partition coefficient (Wildman–Crippen LogP) is 4.26. The first-order valence-electron chi connectivity index (χ1n) is 12.0. The maximum absolute atomic E-state index is 13.2. The van der Waals surface area contributed by atoms with E-state index in [2.05, 4.69) is 20.6 Å². The number of amides is 2. The highest BCUT2D eigenvalue weighted by Crippen LogP contribution is 2.30. The molecular formula is C27H34N4O6. The average Bonchev–Trinajstić information content (AvgIpc) is 3.05. The molecule has 2 atom stereocenters. The second kappa shape index (κ2) is 10.9. The first-order chi connectivity index (χ1) is 17.3. The van der Waals surface area contributed by atoms with E-state index in [-0.39, 0.29) is 29.3 Å². The summed E-state index contributed by atoms with van der Waals surface area (Å²) in [6.07, 6.45) is 2.51. The second-order valence-corrected chi connectivity index (χ2v) is 10.4. The van der Waals surface area contributed by atoms with E-state index in [9.17, 15) is 24.6 Å². The summed E-state index contributed by atoms with van der Waals surface area (Å²) < 4.78 is 5.40. The van der Waals surface area contributed by atoms with Crippen LogP contribution in [0.4, 0.5) is 4.79 Å². The van der Waals surface area contributed by atoms with Crippen molar-refractivity contribution < 1.29 is 29.3 Å². The fourth-order valence-corrected chi connectivity index (χ4v) is 4.00. The first kappa shape index (κ1) is 27.5. The third kappa shape index (κ3) is 6.78. The van der Waals surface area contributed by atoms with Gasteiger partial charge in [-0.3, -0.25) is 19.6 Å². The van der Waals surface area contributed by atoms with Crippen LogP contribution in [-0.2, 0) is 9.53 Å². The minimum absolute atomic E-state index is 0.0815. The fourth-order valence-electron chi connectivity index (χ4n) is 4.00. The number of alkyl carbamates (subject to hydrolysis) is 1. The lowest BCUT2D eigenvalue weighted by molar-refractivity contribution is -0.122. The molecule has 10 nitrogen and oxygen atoms in total. The molecule has 0 bridgehead atoms. The monoisotopic (exact) mass is 510 g/mol. The topological polar surface area (TPSA) is 154 Å². The van der Waals surface area contributed by atoms with Crippen molar-refractivity contribution in [1.29, 1.82) is 0 Å². The Morgan fingerprint density at radius 2 is 1.76 bits per heavy atom. The van der Waals surface area contributed by atoms with Crippen LogP contribution in [0.2, 0.25) is 0 Å². The molecule has 1 aromatic carbocycles. The summed E-state index contributed by atoms with van der Waals surface area (Å²) in [5.41, 5.74) is 0.0398. The quantitative estimate of drug-likeness (QED) is 0.284. The van der Waals surface area contributed by atoms with Gasteiger partial charge in [0.2, 0.25) is 11.8 Å². The standard InChI is InChI=1S/C27H34N4O6/c1-14(2)22(23(33)21-15(3)24(34)31-25(21)35)30-20(32)12-19(29-26(36)37-27(4,5)6)17-8-7-16-9-10-28-13-18(16)11-17/h7-11,13-14,19,22,31,34-35H,12H2,1-6H3,(H,29,36)(H,30,32)/t19?,22-/m0/s1. The van der Waals surface area contributed by atoms with Crippen molar-refractivity contribution in [2.24, 2.45) is 5.92 Å². The summed E-state index contributed by atoms with van der Waals surface area (Å²) in [6, 6.07) is 5.65. The molecule has 0 aliphatic heterocycles. The van der Waals surface area contributed by atoms with E-state index in [0.717, 1.165) is 10.8 Å². The molecule has 3 aromatic rings. The Labute approximate surface area is 215 Å². The Balaban J connectivity index is 1.86. The Morgan fingerprint density at radius 3 is 2.35 bits per heavy atom. The predicted molar refractivity (Wildman–Crippen MR) is 138 cm³/mol. The van der Waals surface area contributed by atoms with Gasteiger partial charge in [0.1, 0.15) is 5.60 Å². The van der Waals surface area contributed by atoms with Gasteiger partial charge in [-0.25, -0.2) is 4.79 Å². The molecule has 2 heterocycles. The van der Waals surface area contributed by atoms with Crippen LogP contribution in [0.5, 0.6) is 11.8 Å². The number of hydrogen-bond donors (Lipinski definition) is 5. The molecule has 3 rings (SSSR count). The Hall–Kier alpha value is -4.08. The number of pyridine rings is 1. The van der Waals surface area contributed by atoms with Crippen LogP contribution in [-0.4, -0.2) is 49.6 Å². The van der Waals surface area contributed by atoms with E-state index in [1.54, 1.807) is 47.0 Å². The van der Waals surface area contributed by atoms with Crippen molar-refractivity contribution in [1.82, 2.24) is 20.6 Å². The number of ether oxygens (including phenoxy) is 1. The van der Waals surface area contributed by atoms with Gasteiger partial charge in [0.25, 0.3) is 0 Å². The third-order valence-corrected chi connectivity index (χ3v) is 5.86. The number of carbonyl (C=O) groups is 3. The second-order valence-electron chi connectivity index (χ2n) is 10.4. The molecule has 1 unspecified atom stereocenters. The molecule has 0 spiro atoms. The number of aromatic nitrogens is 2. The average molecular weight is 511 g/mol. The lowest BCUT2D eigenvalue weighted by atomic mass is 9.93. The molecule has 0 radical (unpaired) electrons. The van der Waals surface area contributed by atoms with Gasteiger partial charge in [-0.1, -0.05) is 26.0 Å². The summed E-state index contributed by atoms with van der Waals surface area (Å²) >= 11 is 0. The number of Topliss-reactive ketones (excluding diaryl/α,β-unsaturated/α-hetero) is 1. The maximum Gasteiger partial charge on any atom is 0.408 e. The molecule has 2 aromatic heterocycles. The number of nitrogens with zero attached hydrogens (tertiary/aromatic N) is 1. The number of ketones is 1. The number of carbonyl (C=O) groups excluding carboxylic acids is 3. The van der Waals surface area contributed by atoms with Crippen LogP contribution in [0.15, 0.2) is 36.7 Å². The number of rotatable bonds is 8. The number of hydrogen-bond acceptors (Lipinski definition) is 7. The Morgan fingerprint density at radius 1 is 1.05 bits per heavy atom. The highest BCUT2D eigenvalue weighted by Gasteiger charge is 2.32. The van der Waals surface area contributed by atoms with Crippen LogP contribution in [0.3, 0.4) is 0 Å². The SMILES string of the molecule is Cc1c(O)[nH]c(O)c1C(=O)[C@@H](NC(=O)CC(NC(=O)OC(C)(C)C)c1ccc2ccncc2c1)C(C)C. The van der Waals surface area contributed by atoms with Crippen molar-refractivity contribution in [3.8, 4) is 11.8 Å². The van der Waals surface area contributed by atoms with Crippen LogP contribution in [0.25, 0.3) is 10.8 Å². The smallest absolute Gasteiger partial charge is 0.408 e. The molecule has 0 saturated heterocycles. The minimum atomic E-state index is -0.977. The van der Waals surface area contributed by atoms with Crippen LogP contribution < -0.4 is 10.6 Å². The summed E-state index contributed by atoms with van der Waals surface area (Å²) in [5.74, 6) is -2.13. The lowest BCUT2D eigenvalue weighted by Gasteiger charge is -2.25. The number of H-pyrrole nitrogens is 1. The van der Waals surface area contributed by atoms with Crippen molar-refractivity contribution in [3.63, 3.8) is 0 Å². The summed E-state index contributed by atoms with van der Waals surface area (Å²) in [6.45, 7) is 10.2. The molecule has 5 N–H and O–H groups in total. The highest BCUT2D eigenvalue weighted by atomic mass is 16.6. The number of aromatic amines is 1. The summed E-state index contributed by atoms with van der Waals surface area (Å²) in [4.78, 5) is 45.5. The van der Waals surface area contributed by atoms with E-state index in [0.29, 0.717) is 5.56 Å². The zero-order chi connectivity index (χ0) is 27.5. The summed E-state index contributed by atoms with van der Waals surface area (Å²) in [5, 5.41) is 27.2. The van der Waals surface area contributed by atoms with Crippen LogP contribution >= 0.6 is 0 Å². The Bertz CT molecular complexity index is 1310. The van der Waals surface area contributed by atoms with Crippen molar-refractivity contribution in [2.75, 3.05) is 0 Å². The van der Waals surface area contributed by atoms with Crippen molar-refractivity contribution in [2.45, 2.75) is 65.6 Å². The van der Waals surface area contributed by atoms with Crippen LogP contribution in [0, 0.1) is 12.8 Å². The normalized spacial score (nSPS) is 13.3. The van der Waals surface area contributed by atoms with E-state index in [1.165, 1.54) is 6.92 Å². The molecule has 198 valence electrons. The van der Waals surface area contributed by atoms with E-state index < -0.39 is 41.3 Å². The molecule has 0 aliphatic rings. The fraction of sp³-hybridized carbons (Fsp3) is 0.407.